The van der Waals surface area contributed by atoms with Crippen LogP contribution in [-0.4, -0.2) is 30.6 Å². The maximum Gasteiger partial charge on any atom is 0.201 e. The fourth-order valence-corrected chi connectivity index (χ4v) is 2.87. The summed E-state index contributed by atoms with van der Waals surface area (Å²) in [6, 6.07) is 7.17. The van der Waals surface area contributed by atoms with Crippen LogP contribution in [0.25, 0.3) is 5.65 Å². The third-order valence-electron chi connectivity index (χ3n) is 2.71. The van der Waals surface area contributed by atoms with Gasteiger partial charge in [0.2, 0.25) is 5.16 Å². The Labute approximate surface area is 128 Å². The third-order valence-corrected chi connectivity index (χ3v) is 4.17. The number of oxime groups is 1. The van der Waals surface area contributed by atoms with E-state index in [1.54, 1.807) is 6.07 Å². The van der Waals surface area contributed by atoms with Crippen LogP contribution in [0.5, 0.6) is 0 Å². The molecule has 0 fully saturated rings. The van der Waals surface area contributed by atoms with E-state index >= 15 is 0 Å². The van der Waals surface area contributed by atoms with Crippen molar-refractivity contribution in [2.45, 2.75) is 10.2 Å². The van der Waals surface area contributed by atoms with Crippen molar-refractivity contribution in [1.82, 2.24) is 19.6 Å². The molecule has 7 nitrogen and oxygen atoms in total. The van der Waals surface area contributed by atoms with Crippen molar-refractivity contribution >= 4 is 34.8 Å². The van der Waals surface area contributed by atoms with Gasteiger partial charge in [0.1, 0.15) is 5.03 Å². The predicted molar refractivity (Wildman–Crippen MR) is 78.9 cm³/mol. The lowest BCUT2D eigenvalue weighted by Gasteiger charge is -2.06. The quantitative estimate of drug-likeness (QED) is 0.331. The van der Waals surface area contributed by atoms with Gasteiger partial charge in [-0.15, -0.1) is 10.2 Å². The molecule has 0 unspecified atom stereocenters. The second-order valence-corrected chi connectivity index (χ2v) is 5.31. The lowest BCUT2D eigenvalue weighted by molar-refractivity contribution is 0.318. The minimum atomic E-state index is -0.0737. The van der Waals surface area contributed by atoms with Crippen molar-refractivity contribution in [3.8, 4) is 0 Å². The summed E-state index contributed by atoms with van der Waals surface area (Å²) in [5.41, 5.74) is 6.71. The molecule has 0 spiro atoms. The molecule has 3 aromatic heterocycles. The second kappa shape index (κ2) is 5.58. The molecule has 9 heteroatoms. The molecule has 0 aliphatic heterocycles. The lowest BCUT2D eigenvalue weighted by Crippen LogP contribution is -2.14. The highest BCUT2D eigenvalue weighted by atomic mass is 35.5. The Morgan fingerprint density at radius 2 is 2.19 bits per heavy atom. The molecule has 0 aromatic carbocycles. The first-order valence-electron chi connectivity index (χ1n) is 5.80. The first-order valence-corrected chi connectivity index (χ1v) is 7.00. The minimum absolute atomic E-state index is 0.0737. The molecule has 3 N–H and O–H groups in total. The Bertz CT molecular complexity index is 833. The van der Waals surface area contributed by atoms with Gasteiger partial charge < -0.3 is 10.9 Å². The minimum Gasteiger partial charge on any atom is -0.409 e. The number of fused-ring (bicyclic) bond motifs is 1. The summed E-state index contributed by atoms with van der Waals surface area (Å²) >= 11 is 7.48. The van der Waals surface area contributed by atoms with Crippen LogP contribution in [0.1, 0.15) is 5.56 Å². The van der Waals surface area contributed by atoms with E-state index in [0.717, 1.165) is 5.65 Å². The van der Waals surface area contributed by atoms with E-state index in [9.17, 15) is 0 Å². The van der Waals surface area contributed by atoms with E-state index in [0.29, 0.717) is 20.8 Å². The van der Waals surface area contributed by atoms with E-state index < -0.39 is 0 Å². The Morgan fingerprint density at radius 1 is 1.33 bits per heavy atom. The smallest absolute Gasteiger partial charge is 0.201 e. The van der Waals surface area contributed by atoms with Crippen molar-refractivity contribution < 1.29 is 5.21 Å². The molecule has 0 atom stereocenters. The average Bonchev–Trinajstić information content (AvgIpc) is 2.92. The summed E-state index contributed by atoms with van der Waals surface area (Å²) in [7, 11) is 0. The first kappa shape index (κ1) is 13.7. The molecule has 0 aliphatic rings. The van der Waals surface area contributed by atoms with Crippen LogP contribution in [0.3, 0.4) is 0 Å². The van der Waals surface area contributed by atoms with Crippen molar-refractivity contribution in [3.05, 3.63) is 47.2 Å². The highest BCUT2D eigenvalue weighted by Gasteiger charge is 2.15. The van der Waals surface area contributed by atoms with Gasteiger partial charge in [0, 0.05) is 18.0 Å². The van der Waals surface area contributed by atoms with E-state index in [1.165, 1.54) is 18.0 Å². The Kier molecular flexibility index (Phi) is 3.63. The molecule has 0 saturated carbocycles. The van der Waals surface area contributed by atoms with Gasteiger partial charge in [-0.3, -0.25) is 4.40 Å². The van der Waals surface area contributed by atoms with Crippen molar-refractivity contribution in [2.24, 2.45) is 10.9 Å². The van der Waals surface area contributed by atoms with Gasteiger partial charge in [-0.25, -0.2) is 4.98 Å². The number of hydrogen-bond acceptors (Lipinski definition) is 6. The summed E-state index contributed by atoms with van der Waals surface area (Å²) in [6.07, 6.45) is 3.38. The molecule has 0 amide bonds. The van der Waals surface area contributed by atoms with Crippen LogP contribution in [-0.2, 0) is 0 Å². The molecule has 3 rings (SSSR count). The summed E-state index contributed by atoms with van der Waals surface area (Å²) in [5, 5.41) is 21.3. The van der Waals surface area contributed by atoms with Gasteiger partial charge in [0.05, 0.1) is 5.02 Å². The molecule has 106 valence electrons. The summed E-state index contributed by atoms with van der Waals surface area (Å²) < 4.78 is 1.82. The molecule has 0 saturated heterocycles. The molecule has 0 radical (unpaired) electrons. The van der Waals surface area contributed by atoms with Crippen LogP contribution in [0.4, 0.5) is 0 Å². The van der Waals surface area contributed by atoms with Crippen LogP contribution >= 0.6 is 23.4 Å². The predicted octanol–water partition coefficient (Wildman–Crippen LogP) is 2.02. The van der Waals surface area contributed by atoms with Crippen molar-refractivity contribution in [3.63, 3.8) is 0 Å². The molecular formula is C12H9ClN6OS. The molecule has 21 heavy (non-hydrogen) atoms. The van der Waals surface area contributed by atoms with E-state index in [-0.39, 0.29) is 5.84 Å². The number of hydrogen-bond donors (Lipinski definition) is 2. The highest BCUT2D eigenvalue weighted by molar-refractivity contribution is 7.99. The van der Waals surface area contributed by atoms with E-state index in [1.807, 2.05) is 28.8 Å². The van der Waals surface area contributed by atoms with Gasteiger partial charge in [-0.1, -0.05) is 22.8 Å². The van der Waals surface area contributed by atoms with Crippen molar-refractivity contribution in [2.75, 3.05) is 0 Å². The fraction of sp³-hybridized carbons (Fsp3) is 0. The van der Waals surface area contributed by atoms with Crippen LogP contribution in [0, 0.1) is 0 Å². The second-order valence-electron chi connectivity index (χ2n) is 3.98. The topological polar surface area (TPSA) is 102 Å². The SMILES string of the molecule is N/C(=N/O)c1ccnc(Sc2nnc3ccccn23)c1Cl. The maximum absolute atomic E-state index is 8.75. The number of aromatic nitrogens is 4. The maximum atomic E-state index is 8.75. The lowest BCUT2D eigenvalue weighted by atomic mass is 10.2. The zero-order valence-electron chi connectivity index (χ0n) is 10.5. The van der Waals surface area contributed by atoms with E-state index in [4.69, 9.17) is 22.5 Å². The Morgan fingerprint density at radius 3 is 3.00 bits per heavy atom. The summed E-state index contributed by atoms with van der Waals surface area (Å²) in [4.78, 5) is 4.20. The van der Waals surface area contributed by atoms with Gasteiger partial charge in [0.25, 0.3) is 0 Å². The summed E-state index contributed by atoms with van der Waals surface area (Å²) in [6.45, 7) is 0. The number of nitrogens with zero attached hydrogens (tertiary/aromatic N) is 5. The number of halogens is 1. The summed E-state index contributed by atoms with van der Waals surface area (Å²) in [5.74, 6) is -0.0737. The molecule has 0 aliphatic carbocycles. The van der Waals surface area contributed by atoms with E-state index in [2.05, 4.69) is 20.3 Å². The average molecular weight is 321 g/mol. The van der Waals surface area contributed by atoms with Gasteiger partial charge in [-0.2, -0.15) is 0 Å². The number of rotatable bonds is 3. The molecule has 0 bridgehead atoms. The number of pyridine rings is 2. The third kappa shape index (κ3) is 2.50. The molecular weight excluding hydrogens is 312 g/mol. The number of nitrogens with two attached hydrogens (primary N) is 1. The van der Waals surface area contributed by atoms with Crippen molar-refractivity contribution in [1.29, 1.82) is 0 Å². The van der Waals surface area contributed by atoms with Crippen LogP contribution in [0.2, 0.25) is 5.02 Å². The zero-order chi connectivity index (χ0) is 14.8. The van der Waals surface area contributed by atoms with Crippen LogP contribution in [0.15, 0.2) is 52.0 Å². The zero-order valence-corrected chi connectivity index (χ0v) is 12.1. The Hall–Kier alpha value is -2.32. The van der Waals surface area contributed by atoms with Gasteiger partial charge >= 0.3 is 0 Å². The normalized spacial score (nSPS) is 12.0. The van der Waals surface area contributed by atoms with Gasteiger partial charge in [-0.05, 0) is 30.0 Å². The largest absolute Gasteiger partial charge is 0.409 e. The standard InChI is InChI=1S/C12H9ClN6OS/c13-9-7(10(14)18-20)4-5-15-11(9)21-12-17-16-8-3-1-2-6-19(8)12/h1-6,20H,(H2,14,18). The fourth-order valence-electron chi connectivity index (χ4n) is 1.72. The van der Waals surface area contributed by atoms with Gasteiger partial charge in [0.15, 0.2) is 11.5 Å². The number of amidine groups is 1. The molecule has 3 heterocycles. The first-order chi connectivity index (χ1) is 10.2. The van der Waals surface area contributed by atoms with Crippen LogP contribution < -0.4 is 5.73 Å². The monoisotopic (exact) mass is 320 g/mol. The Balaban J connectivity index is 2.02. The molecule has 3 aromatic rings. The highest BCUT2D eigenvalue weighted by Crippen LogP contribution is 2.32.